The van der Waals surface area contributed by atoms with Gasteiger partial charge >= 0.3 is 0 Å². The van der Waals surface area contributed by atoms with E-state index < -0.39 is 0 Å². The van der Waals surface area contributed by atoms with Gasteiger partial charge in [0, 0.05) is 12.6 Å². The Balaban J connectivity index is 2.05. The Morgan fingerprint density at radius 2 is 2.25 bits per heavy atom. The van der Waals surface area contributed by atoms with Crippen LogP contribution in [0.2, 0.25) is 0 Å². The Labute approximate surface area is 121 Å². The third kappa shape index (κ3) is 2.20. The second kappa shape index (κ2) is 5.09. The zero-order valence-electron chi connectivity index (χ0n) is 11.4. The van der Waals surface area contributed by atoms with E-state index >= 15 is 0 Å². The lowest BCUT2D eigenvalue weighted by molar-refractivity contribution is 0.0963. The van der Waals surface area contributed by atoms with Crippen molar-refractivity contribution in [3.63, 3.8) is 0 Å². The highest BCUT2D eigenvalue weighted by Crippen LogP contribution is 2.20. The van der Waals surface area contributed by atoms with Crippen LogP contribution >= 0.6 is 11.3 Å². The highest BCUT2D eigenvalue weighted by molar-refractivity contribution is 7.07. The number of aryl methyl sites for hydroxylation is 1. The summed E-state index contributed by atoms with van der Waals surface area (Å²) in [5.41, 5.74) is 3.83. The lowest BCUT2D eigenvalue weighted by atomic mass is 10.2. The zero-order valence-corrected chi connectivity index (χ0v) is 12.2. The number of rotatable bonds is 3. The van der Waals surface area contributed by atoms with Crippen molar-refractivity contribution in [2.45, 2.75) is 13.5 Å². The van der Waals surface area contributed by atoms with Crippen molar-refractivity contribution in [2.24, 2.45) is 0 Å². The minimum Gasteiger partial charge on any atom is -0.355 e. The number of fused-ring (bicyclic) bond motifs is 1. The molecule has 1 amide bonds. The first kappa shape index (κ1) is 12.9. The summed E-state index contributed by atoms with van der Waals surface area (Å²) in [6.07, 6.45) is 0. The van der Waals surface area contributed by atoms with Gasteiger partial charge in [-0.25, -0.2) is 4.98 Å². The van der Waals surface area contributed by atoms with Gasteiger partial charge in [0.2, 0.25) is 0 Å². The Hall–Kier alpha value is -2.14. The van der Waals surface area contributed by atoms with Crippen molar-refractivity contribution < 1.29 is 4.79 Å². The van der Waals surface area contributed by atoms with Crippen LogP contribution in [0.3, 0.4) is 0 Å². The van der Waals surface area contributed by atoms with E-state index in [0.717, 1.165) is 23.4 Å². The maximum atomic E-state index is 11.7. The molecular formula is C15H15N3OS. The van der Waals surface area contributed by atoms with Crippen molar-refractivity contribution in [3.05, 3.63) is 52.0 Å². The molecule has 0 radical (unpaired) electrons. The smallest absolute Gasteiger partial charge is 0.251 e. The topological polar surface area (TPSA) is 46.9 Å². The Kier molecular flexibility index (Phi) is 3.28. The molecule has 0 aliphatic heterocycles. The number of benzene rings is 1. The molecule has 0 spiro atoms. The molecule has 0 aliphatic carbocycles. The van der Waals surface area contributed by atoms with E-state index in [1.54, 1.807) is 18.4 Å². The maximum absolute atomic E-state index is 11.7. The minimum absolute atomic E-state index is 0.0862. The van der Waals surface area contributed by atoms with Crippen LogP contribution in [-0.2, 0) is 6.54 Å². The van der Waals surface area contributed by atoms with Crippen LogP contribution in [0.1, 0.15) is 21.7 Å². The Morgan fingerprint density at radius 1 is 1.40 bits per heavy atom. The zero-order chi connectivity index (χ0) is 14.1. The molecule has 0 aliphatic rings. The monoisotopic (exact) mass is 285 g/mol. The second-order valence-electron chi connectivity index (χ2n) is 4.66. The standard InChI is InChI=1S/C15H15N3OS/c1-10-17-13-7-12(15(19)16-2)3-4-14(13)18(10)8-11-5-6-20-9-11/h3-7,9H,8H2,1-2H3,(H,16,19). The molecule has 3 rings (SSSR count). The maximum Gasteiger partial charge on any atom is 0.251 e. The number of nitrogens with one attached hydrogen (secondary N) is 1. The largest absolute Gasteiger partial charge is 0.355 e. The fraction of sp³-hybridized carbons (Fsp3) is 0.200. The Morgan fingerprint density at radius 3 is 2.95 bits per heavy atom. The van der Waals surface area contributed by atoms with Crippen LogP contribution in [-0.4, -0.2) is 22.5 Å². The summed E-state index contributed by atoms with van der Waals surface area (Å²) < 4.78 is 2.17. The molecule has 2 aromatic heterocycles. The first-order valence-electron chi connectivity index (χ1n) is 6.39. The number of hydrogen-bond acceptors (Lipinski definition) is 3. The summed E-state index contributed by atoms with van der Waals surface area (Å²) in [6.45, 7) is 2.80. The summed E-state index contributed by atoms with van der Waals surface area (Å²) in [6, 6.07) is 7.76. The molecule has 0 unspecified atom stereocenters. The summed E-state index contributed by atoms with van der Waals surface area (Å²) in [5.74, 6) is 0.872. The molecule has 2 heterocycles. The van der Waals surface area contributed by atoms with Gasteiger partial charge in [-0.3, -0.25) is 4.79 Å². The first-order chi connectivity index (χ1) is 9.69. The van der Waals surface area contributed by atoms with E-state index in [2.05, 4.69) is 31.7 Å². The summed E-state index contributed by atoms with van der Waals surface area (Å²) in [7, 11) is 1.63. The van der Waals surface area contributed by atoms with E-state index in [9.17, 15) is 4.79 Å². The highest BCUT2D eigenvalue weighted by atomic mass is 32.1. The summed E-state index contributed by atoms with van der Waals surface area (Å²) in [4.78, 5) is 16.2. The summed E-state index contributed by atoms with van der Waals surface area (Å²) >= 11 is 1.70. The van der Waals surface area contributed by atoms with E-state index in [1.807, 2.05) is 25.1 Å². The molecular weight excluding hydrogens is 270 g/mol. The summed E-state index contributed by atoms with van der Waals surface area (Å²) in [5, 5.41) is 6.85. The number of carbonyl (C=O) groups excluding carboxylic acids is 1. The predicted octanol–water partition coefficient (Wildman–Crippen LogP) is 2.81. The van der Waals surface area contributed by atoms with Crippen molar-refractivity contribution in [3.8, 4) is 0 Å². The molecule has 1 aromatic carbocycles. The number of amides is 1. The van der Waals surface area contributed by atoms with Gasteiger partial charge in [-0.1, -0.05) is 0 Å². The van der Waals surface area contributed by atoms with E-state index in [-0.39, 0.29) is 5.91 Å². The van der Waals surface area contributed by atoms with Crippen LogP contribution in [0.15, 0.2) is 35.0 Å². The van der Waals surface area contributed by atoms with Crippen LogP contribution < -0.4 is 5.32 Å². The lowest BCUT2D eigenvalue weighted by Gasteiger charge is -2.05. The van der Waals surface area contributed by atoms with E-state index in [0.29, 0.717) is 5.56 Å². The third-order valence-corrected chi connectivity index (χ3v) is 4.08. The SMILES string of the molecule is CNC(=O)c1ccc2c(c1)nc(C)n2Cc1ccsc1. The van der Waals surface area contributed by atoms with Gasteiger partial charge in [0.25, 0.3) is 5.91 Å². The fourth-order valence-electron chi connectivity index (χ4n) is 2.30. The number of carbonyl (C=O) groups is 1. The molecule has 0 bridgehead atoms. The van der Waals surface area contributed by atoms with E-state index in [1.165, 1.54) is 5.56 Å². The minimum atomic E-state index is -0.0862. The van der Waals surface area contributed by atoms with Gasteiger partial charge in [0.15, 0.2) is 0 Å². The molecule has 1 N–H and O–H groups in total. The molecule has 0 saturated heterocycles. The van der Waals surface area contributed by atoms with Gasteiger partial charge in [-0.2, -0.15) is 11.3 Å². The van der Waals surface area contributed by atoms with Crippen molar-refractivity contribution >= 4 is 28.3 Å². The molecule has 0 fully saturated rings. The van der Waals surface area contributed by atoms with Gasteiger partial charge in [0.05, 0.1) is 17.6 Å². The fourth-order valence-corrected chi connectivity index (χ4v) is 2.96. The lowest BCUT2D eigenvalue weighted by Crippen LogP contribution is -2.17. The predicted molar refractivity (Wildman–Crippen MR) is 81.3 cm³/mol. The number of thiophene rings is 1. The normalized spacial score (nSPS) is 10.9. The van der Waals surface area contributed by atoms with Gasteiger partial charge in [-0.05, 0) is 47.5 Å². The molecule has 0 saturated carbocycles. The average Bonchev–Trinajstić information content (AvgIpc) is 3.06. The van der Waals surface area contributed by atoms with Crippen LogP contribution in [0.4, 0.5) is 0 Å². The molecule has 102 valence electrons. The number of hydrogen-bond donors (Lipinski definition) is 1. The molecule has 3 aromatic rings. The molecule has 5 heteroatoms. The van der Waals surface area contributed by atoms with Crippen LogP contribution in [0.5, 0.6) is 0 Å². The number of aromatic nitrogens is 2. The van der Waals surface area contributed by atoms with E-state index in [4.69, 9.17) is 0 Å². The van der Waals surface area contributed by atoms with Crippen molar-refractivity contribution in [1.82, 2.24) is 14.9 Å². The van der Waals surface area contributed by atoms with Crippen molar-refractivity contribution in [1.29, 1.82) is 0 Å². The average molecular weight is 285 g/mol. The number of imidazole rings is 1. The first-order valence-corrected chi connectivity index (χ1v) is 7.33. The van der Waals surface area contributed by atoms with Crippen molar-refractivity contribution in [2.75, 3.05) is 7.05 Å². The van der Waals surface area contributed by atoms with Gasteiger partial charge in [-0.15, -0.1) is 0 Å². The number of nitrogens with zero attached hydrogens (tertiary/aromatic N) is 2. The van der Waals surface area contributed by atoms with Crippen LogP contribution in [0.25, 0.3) is 11.0 Å². The third-order valence-electron chi connectivity index (χ3n) is 3.35. The van der Waals surface area contributed by atoms with Crippen LogP contribution in [0, 0.1) is 6.92 Å². The molecule has 0 atom stereocenters. The highest BCUT2D eigenvalue weighted by Gasteiger charge is 2.11. The molecule has 20 heavy (non-hydrogen) atoms. The quantitative estimate of drug-likeness (QED) is 0.804. The van der Waals surface area contributed by atoms with Gasteiger partial charge in [0.1, 0.15) is 5.82 Å². The molecule has 4 nitrogen and oxygen atoms in total. The second-order valence-corrected chi connectivity index (χ2v) is 5.44. The van der Waals surface area contributed by atoms with Gasteiger partial charge < -0.3 is 9.88 Å². The Bertz CT molecular complexity index is 759.